The standard InChI is InChI=1S/C31H40.C9H18.C4H8.2CH4/c1-23-14-16-27(17-15-23)31(8,22-25-12-10-9-11-13-25)28-19-24(2)18-26(20-28)21-30(6,7)29(3,4)5;1-8(2)5-6-9(3,4)7-8;1-4(2)3;;/h9-20H,21-22H2,1-8H3;5-7H2,1-4H3;1H2,2-3H3;2*1H4. The van der Waals surface area contributed by atoms with Crippen molar-refractivity contribution in [2.75, 3.05) is 0 Å². The molecule has 0 amide bonds. The Morgan fingerprint density at radius 3 is 1.52 bits per heavy atom. The highest BCUT2D eigenvalue weighted by Gasteiger charge is 2.36. The largest absolute Gasteiger partial charge is 0.100 e. The Balaban J connectivity index is 0.00000113. The van der Waals surface area contributed by atoms with Crippen LogP contribution < -0.4 is 0 Å². The summed E-state index contributed by atoms with van der Waals surface area (Å²) in [5, 5.41) is 0. The fourth-order valence-corrected chi connectivity index (χ4v) is 6.50. The summed E-state index contributed by atoms with van der Waals surface area (Å²) in [7, 11) is 0. The molecule has 0 aromatic heterocycles. The molecule has 0 aliphatic heterocycles. The van der Waals surface area contributed by atoms with Crippen molar-refractivity contribution >= 4 is 0 Å². The zero-order valence-corrected chi connectivity index (χ0v) is 31.2. The van der Waals surface area contributed by atoms with Crippen molar-refractivity contribution in [2.45, 2.75) is 149 Å². The van der Waals surface area contributed by atoms with Gasteiger partial charge < -0.3 is 0 Å². The van der Waals surface area contributed by atoms with Crippen LogP contribution in [0.5, 0.6) is 0 Å². The monoisotopic (exact) mass is 627 g/mol. The molecule has 3 aromatic carbocycles. The van der Waals surface area contributed by atoms with E-state index in [2.05, 4.69) is 162 Å². The molecule has 1 aliphatic carbocycles. The van der Waals surface area contributed by atoms with Gasteiger partial charge in [-0.2, -0.15) is 0 Å². The van der Waals surface area contributed by atoms with Crippen molar-refractivity contribution in [1.29, 1.82) is 0 Å². The Morgan fingerprint density at radius 1 is 0.630 bits per heavy atom. The van der Waals surface area contributed by atoms with E-state index >= 15 is 0 Å². The van der Waals surface area contributed by atoms with Crippen LogP contribution in [0.15, 0.2) is 84.9 Å². The van der Waals surface area contributed by atoms with Gasteiger partial charge in [-0.05, 0) is 104 Å². The summed E-state index contributed by atoms with van der Waals surface area (Å²) in [6, 6.07) is 27.3. The lowest BCUT2D eigenvalue weighted by molar-refractivity contribution is 0.132. The van der Waals surface area contributed by atoms with E-state index in [-0.39, 0.29) is 31.1 Å². The molecule has 258 valence electrons. The van der Waals surface area contributed by atoms with E-state index in [1.807, 2.05) is 13.8 Å². The predicted molar refractivity (Wildman–Crippen MR) is 211 cm³/mol. The molecule has 1 atom stereocenters. The first-order valence-corrected chi connectivity index (χ1v) is 16.9. The number of hydrogen-bond donors (Lipinski definition) is 0. The number of hydrogen-bond acceptors (Lipinski definition) is 0. The van der Waals surface area contributed by atoms with Crippen molar-refractivity contribution in [3.05, 3.63) is 118 Å². The van der Waals surface area contributed by atoms with Crippen molar-refractivity contribution in [3.63, 3.8) is 0 Å². The molecule has 0 N–H and O–H groups in total. The van der Waals surface area contributed by atoms with Crippen LogP contribution in [0, 0.1) is 35.5 Å². The molecule has 1 saturated carbocycles. The van der Waals surface area contributed by atoms with Gasteiger partial charge in [-0.15, -0.1) is 6.58 Å². The van der Waals surface area contributed by atoms with Crippen molar-refractivity contribution in [3.8, 4) is 0 Å². The second kappa shape index (κ2) is 17.0. The molecule has 0 radical (unpaired) electrons. The van der Waals surface area contributed by atoms with E-state index in [9.17, 15) is 0 Å². The fraction of sp³-hybridized carbons (Fsp3) is 0.565. The lowest BCUT2D eigenvalue weighted by Gasteiger charge is -2.39. The van der Waals surface area contributed by atoms with Gasteiger partial charge in [0.05, 0.1) is 0 Å². The topological polar surface area (TPSA) is 0 Å². The third-order valence-corrected chi connectivity index (χ3v) is 9.98. The molecule has 1 aliphatic rings. The third kappa shape index (κ3) is 13.3. The van der Waals surface area contributed by atoms with Crippen LogP contribution in [-0.4, -0.2) is 0 Å². The van der Waals surface area contributed by atoms with Gasteiger partial charge >= 0.3 is 0 Å². The van der Waals surface area contributed by atoms with Crippen molar-refractivity contribution in [1.82, 2.24) is 0 Å². The average Bonchev–Trinajstić information content (AvgIpc) is 3.14. The number of allylic oxidation sites excluding steroid dienone is 1. The molecular formula is C46H74. The van der Waals surface area contributed by atoms with E-state index < -0.39 is 0 Å². The van der Waals surface area contributed by atoms with Crippen LogP contribution >= 0.6 is 0 Å². The molecule has 0 heterocycles. The first-order chi connectivity index (χ1) is 20.1. The second-order valence-electron chi connectivity index (χ2n) is 17.6. The van der Waals surface area contributed by atoms with Gasteiger partial charge in [0.25, 0.3) is 0 Å². The third-order valence-electron chi connectivity index (χ3n) is 9.98. The fourth-order valence-electron chi connectivity index (χ4n) is 6.50. The molecule has 0 nitrogen and oxygen atoms in total. The number of aryl methyl sites for hydroxylation is 2. The Labute approximate surface area is 288 Å². The molecular weight excluding hydrogens is 553 g/mol. The summed E-state index contributed by atoms with van der Waals surface area (Å²) >= 11 is 0. The van der Waals surface area contributed by atoms with Crippen LogP contribution in [0.4, 0.5) is 0 Å². The summed E-state index contributed by atoms with van der Waals surface area (Å²) < 4.78 is 0. The Kier molecular flexibility index (Phi) is 16.0. The minimum absolute atomic E-state index is 0. The molecule has 0 heteroatoms. The predicted octanol–water partition coefficient (Wildman–Crippen LogP) is 14.5. The van der Waals surface area contributed by atoms with Gasteiger partial charge in [-0.1, -0.05) is 174 Å². The van der Waals surface area contributed by atoms with E-state index in [0.29, 0.717) is 10.8 Å². The van der Waals surface area contributed by atoms with E-state index in [4.69, 9.17) is 0 Å². The summed E-state index contributed by atoms with van der Waals surface area (Å²) in [6.45, 7) is 35.7. The van der Waals surface area contributed by atoms with E-state index in [1.54, 1.807) is 0 Å². The highest BCUT2D eigenvalue weighted by atomic mass is 14.4. The Morgan fingerprint density at radius 2 is 1.11 bits per heavy atom. The molecule has 4 rings (SSSR count). The van der Waals surface area contributed by atoms with E-state index in [1.165, 1.54) is 58.2 Å². The smallest absolute Gasteiger partial charge is 0.0215 e. The molecule has 1 unspecified atom stereocenters. The van der Waals surface area contributed by atoms with Gasteiger partial charge in [0.15, 0.2) is 0 Å². The SMILES string of the molecule is C.C.C=C(C)C.CC1(C)CCC(C)(C)C1.Cc1ccc(C(C)(Cc2ccccc2)c2cc(C)cc(CC(C)(C)C(C)(C)C)c2)cc1. The first kappa shape index (κ1) is 43.4. The van der Waals surface area contributed by atoms with Gasteiger partial charge in [0, 0.05) is 5.41 Å². The quantitative estimate of drug-likeness (QED) is 0.239. The molecule has 1 fully saturated rings. The maximum atomic E-state index is 3.56. The van der Waals surface area contributed by atoms with Gasteiger partial charge in [-0.3, -0.25) is 0 Å². The van der Waals surface area contributed by atoms with Crippen LogP contribution in [0.1, 0.15) is 151 Å². The van der Waals surface area contributed by atoms with Gasteiger partial charge in [0.1, 0.15) is 0 Å². The molecule has 0 bridgehead atoms. The van der Waals surface area contributed by atoms with Gasteiger partial charge in [0.2, 0.25) is 0 Å². The summed E-state index contributed by atoms with van der Waals surface area (Å²) in [5.41, 5.74) is 11.1. The van der Waals surface area contributed by atoms with Crippen LogP contribution in [-0.2, 0) is 18.3 Å². The highest BCUT2D eigenvalue weighted by molar-refractivity contribution is 5.45. The zero-order valence-electron chi connectivity index (χ0n) is 31.2. The maximum absolute atomic E-state index is 3.56. The first-order valence-electron chi connectivity index (χ1n) is 16.9. The highest BCUT2D eigenvalue weighted by Crippen LogP contribution is 2.48. The molecule has 3 aromatic rings. The zero-order chi connectivity index (χ0) is 33.6. The normalized spacial score (nSPS) is 16.2. The van der Waals surface area contributed by atoms with E-state index in [0.717, 1.165) is 12.8 Å². The second-order valence-corrected chi connectivity index (χ2v) is 17.6. The van der Waals surface area contributed by atoms with Crippen LogP contribution in [0.25, 0.3) is 0 Å². The minimum atomic E-state index is -0.0816. The Bertz CT molecular complexity index is 1310. The maximum Gasteiger partial charge on any atom is 0.0215 e. The average molecular weight is 627 g/mol. The van der Waals surface area contributed by atoms with Crippen LogP contribution in [0.3, 0.4) is 0 Å². The van der Waals surface area contributed by atoms with Crippen LogP contribution in [0.2, 0.25) is 0 Å². The lowest BCUT2D eigenvalue weighted by Crippen LogP contribution is -2.32. The molecule has 0 saturated heterocycles. The summed E-state index contributed by atoms with van der Waals surface area (Å²) in [6.07, 6.45) is 6.31. The summed E-state index contributed by atoms with van der Waals surface area (Å²) in [5.74, 6) is 0. The number of benzene rings is 3. The molecule has 0 spiro atoms. The van der Waals surface area contributed by atoms with Crippen molar-refractivity contribution in [2.24, 2.45) is 21.7 Å². The van der Waals surface area contributed by atoms with Gasteiger partial charge in [-0.25, -0.2) is 0 Å². The van der Waals surface area contributed by atoms with Crippen molar-refractivity contribution < 1.29 is 0 Å². The lowest BCUT2D eigenvalue weighted by atomic mass is 9.65. The summed E-state index contributed by atoms with van der Waals surface area (Å²) in [4.78, 5) is 0. The Hall–Kier alpha value is -2.60. The minimum Gasteiger partial charge on any atom is -0.100 e. The molecule has 46 heavy (non-hydrogen) atoms. The number of rotatable bonds is 6.